The minimum absolute atomic E-state index is 0.0650. The van der Waals surface area contributed by atoms with Crippen LogP contribution < -0.4 is 10.6 Å². The summed E-state index contributed by atoms with van der Waals surface area (Å²) in [5.74, 6) is -1.11. The highest BCUT2D eigenvalue weighted by Gasteiger charge is 2.37. The number of carbonyl (C=O) groups excluding carboxylic acids is 2. The average molecular weight is 485 g/mol. The van der Waals surface area contributed by atoms with Gasteiger partial charge < -0.3 is 25.2 Å². The summed E-state index contributed by atoms with van der Waals surface area (Å²) in [4.78, 5) is 36.7. The molecular formula is C25H28N2O6S. The number of benzene rings is 2. The molecule has 1 aliphatic heterocycles. The van der Waals surface area contributed by atoms with Crippen LogP contribution in [0.4, 0.5) is 4.79 Å². The molecule has 2 aliphatic rings. The van der Waals surface area contributed by atoms with Gasteiger partial charge in [0.2, 0.25) is 0 Å². The number of carboxylic acid groups (broad SMARTS) is 1. The van der Waals surface area contributed by atoms with Crippen molar-refractivity contribution >= 4 is 29.7 Å². The van der Waals surface area contributed by atoms with Crippen LogP contribution >= 0.6 is 11.8 Å². The predicted molar refractivity (Wildman–Crippen MR) is 129 cm³/mol. The SMILES string of the molecule is CSCC[C@@H](NC(=O)[C@H]1OCC[C@H]1NC(=O)OCC1c2ccccc2-c2ccccc21)C(=O)O. The number of fused-ring (bicyclic) bond motifs is 3. The molecule has 1 heterocycles. The first kappa shape index (κ1) is 24.1. The Morgan fingerprint density at radius 1 is 1.12 bits per heavy atom. The smallest absolute Gasteiger partial charge is 0.407 e. The summed E-state index contributed by atoms with van der Waals surface area (Å²) < 4.78 is 11.1. The second kappa shape index (κ2) is 10.9. The molecule has 3 N–H and O–H groups in total. The van der Waals surface area contributed by atoms with E-state index in [1.54, 1.807) is 0 Å². The summed E-state index contributed by atoms with van der Waals surface area (Å²) in [5.41, 5.74) is 4.51. The Morgan fingerprint density at radius 3 is 2.38 bits per heavy atom. The zero-order valence-electron chi connectivity index (χ0n) is 18.9. The van der Waals surface area contributed by atoms with Crippen LogP contribution in [0.15, 0.2) is 48.5 Å². The minimum Gasteiger partial charge on any atom is -0.480 e. The monoisotopic (exact) mass is 484 g/mol. The quantitative estimate of drug-likeness (QED) is 0.501. The van der Waals surface area contributed by atoms with Crippen molar-refractivity contribution in [3.63, 3.8) is 0 Å². The summed E-state index contributed by atoms with van der Waals surface area (Å²) in [6.45, 7) is 0.453. The van der Waals surface area contributed by atoms with Crippen LogP contribution in [0.25, 0.3) is 11.1 Å². The van der Waals surface area contributed by atoms with Crippen molar-refractivity contribution in [3.05, 3.63) is 59.7 Å². The largest absolute Gasteiger partial charge is 0.480 e. The lowest BCUT2D eigenvalue weighted by atomic mass is 9.98. The Morgan fingerprint density at radius 2 is 1.76 bits per heavy atom. The van der Waals surface area contributed by atoms with E-state index in [4.69, 9.17) is 9.47 Å². The summed E-state index contributed by atoms with van der Waals surface area (Å²) in [7, 11) is 0. The van der Waals surface area contributed by atoms with Gasteiger partial charge in [-0.2, -0.15) is 11.8 Å². The number of alkyl carbamates (subject to hydrolysis) is 1. The van der Waals surface area contributed by atoms with E-state index in [1.165, 1.54) is 11.8 Å². The van der Waals surface area contributed by atoms with Crippen molar-refractivity contribution in [1.29, 1.82) is 0 Å². The van der Waals surface area contributed by atoms with E-state index < -0.39 is 36.2 Å². The van der Waals surface area contributed by atoms with Gasteiger partial charge in [0.1, 0.15) is 12.6 Å². The van der Waals surface area contributed by atoms with Crippen LogP contribution in [0, 0.1) is 0 Å². The molecule has 0 spiro atoms. The van der Waals surface area contributed by atoms with Crippen molar-refractivity contribution < 1.29 is 29.0 Å². The molecule has 1 fully saturated rings. The molecule has 0 saturated carbocycles. The number of ether oxygens (including phenoxy) is 2. The third-order valence-corrected chi connectivity index (χ3v) is 6.87. The highest BCUT2D eigenvalue weighted by atomic mass is 32.2. The number of hydrogen-bond acceptors (Lipinski definition) is 6. The van der Waals surface area contributed by atoms with E-state index in [0.717, 1.165) is 22.3 Å². The third-order valence-electron chi connectivity index (χ3n) is 6.22. The van der Waals surface area contributed by atoms with Gasteiger partial charge in [0.05, 0.1) is 6.04 Å². The lowest BCUT2D eigenvalue weighted by molar-refractivity contribution is -0.143. The second-order valence-corrected chi connectivity index (χ2v) is 9.32. The zero-order chi connectivity index (χ0) is 24.1. The topological polar surface area (TPSA) is 114 Å². The number of amides is 2. The predicted octanol–water partition coefficient (Wildman–Crippen LogP) is 3.01. The van der Waals surface area contributed by atoms with Crippen LogP contribution in [0.5, 0.6) is 0 Å². The molecule has 34 heavy (non-hydrogen) atoms. The first-order chi connectivity index (χ1) is 16.5. The lowest BCUT2D eigenvalue weighted by Gasteiger charge is -2.22. The van der Waals surface area contributed by atoms with Gasteiger partial charge in [0.25, 0.3) is 5.91 Å². The number of carbonyl (C=O) groups is 3. The number of rotatable bonds is 9. The number of thioether (sulfide) groups is 1. The van der Waals surface area contributed by atoms with Crippen molar-refractivity contribution in [3.8, 4) is 11.1 Å². The fourth-order valence-electron chi connectivity index (χ4n) is 4.53. The molecule has 1 aliphatic carbocycles. The zero-order valence-corrected chi connectivity index (χ0v) is 19.7. The minimum atomic E-state index is -1.10. The lowest BCUT2D eigenvalue weighted by Crippen LogP contribution is -2.52. The van der Waals surface area contributed by atoms with E-state index in [9.17, 15) is 19.5 Å². The van der Waals surface area contributed by atoms with Gasteiger partial charge >= 0.3 is 12.1 Å². The van der Waals surface area contributed by atoms with Gasteiger partial charge in [-0.15, -0.1) is 0 Å². The van der Waals surface area contributed by atoms with E-state index in [-0.39, 0.29) is 19.1 Å². The molecule has 0 aromatic heterocycles. The van der Waals surface area contributed by atoms with Gasteiger partial charge in [-0.1, -0.05) is 48.5 Å². The van der Waals surface area contributed by atoms with Crippen LogP contribution in [-0.2, 0) is 19.1 Å². The highest BCUT2D eigenvalue weighted by Crippen LogP contribution is 2.44. The molecular weight excluding hydrogens is 456 g/mol. The van der Waals surface area contributed by atoms with E-state index in [1.807, 2.05) is 42.7 Å². The molecule has 4 rings (SSSR count). The molecule has 8 nitrogen and oxygen atoms in total. The normalized spacial score (nSPS) is 19.7. The first-order valence-corrected chi connectivity index (χ1v) is 12.6. The first-order valence-electron chi connectivity index (χ1n) is 11.2. The summed E-state index contributed by atoms with van der Waals surface area (Å²) >= 11 is 1.50. The molecule has 0 unspecified atom stereocenters. The van der Waals surface area contributed by atoms with Crippen LogP contribution in [-0.4, -0.2) is 66.5 Å². The average Bonchev–Trinajstić information content (AvgIpc) is 3.42. The number of carboxylic acids is 1. The summed E-state index contributed by atoms with van der Waals surface area (Å²) in [6, 6.07) is 14.6. The maximum absolute atomic E-state index is 12.7. The van der Waals surface area contributed by atoms with Crippen LogP contribution in [0.3, 0.4) is 0 Å². The van der Waals surface area contributed by atoms with Gasteiger partial charge in [-0.3, -0.25) is 4.79 Å². The van der Waals surface area contributed by atoms with Crippen molar-refractivity contribution in [2.24, 2.45) is 0 Å². The molecule has 0 bridgehead atoms. The molecule has 9 heteroatoms. The maximum atomic E-state index is 12.7. The molecule has 0 radical (unpaired) electrons. The van der Waals surface area contributed by atoms with E-state index in [0.29, 0.717) is 18.6 Å². The molecule has 2 aromatic rings. The van der Waals surface area contributed by atoms with Gasteiger partial charge in [-0.25, -0.2) is 9.59 Å². The van der Waals surface area contributed by atoms with Crippen LogP contribution in [0.2, 0.25) is 0 Å². The van der Waals surface area contributed by atoms with E-state index >= 15 is 0 Å². The molecule has 3 atom stereocenters. The Hall–Kier alpha value is -3.04. The molecule has 2 aromatic carbocycles. The summed E-state index contributed by atoms with van der Waals surface area (Å²) in [6.07, 6.45) is 1.02. The summed E-state index contributed by atoms with van der Waals surface area (Å²) in [5, 5.41) is 14.6. The Bertz CT molecular complexity index is 1020. The number of hydrogen-bond donors (Lipinski definition) is 3. The fourth-order valence-corrected chi connectivity index (χ4v) is 5.01. The van der Waals surface area contributed by atoms with Crippen molar-refractivity contribution in [2.75, 3.05) is 25.2 Å². The molecule has 1 saturated heterocycles. The molecule has 180 valence electrons. The van der Waals surface area contributed by atoms with Gasteiger partial charge in [-0.05, 0) is 47.1 Å². The Kier molecular flexibility index (Phi) is 7.74. The highest BCUT2D eigenvalue weighted by molar-refractivity contribution is 7.98. The Labute approximate surface area is 202 Å². The standard InChI is InChI=1S/C25H28N2O6S/c1-34-13-11-21(24(29)30)26-23(28)22-20(10-12-32-22)27-25(31)33-14-19-17-8-4-2-6-15(17)16-7-3-5-9-18(16)19/h2-9,19-22H,10-14H2,1H3,(H,26,28)(H,27,31)(H,29,30)/t20-,21-,22+/m1/s1. The third kappa shape index (κ3) is 5.20. The molecule has 2 amide bonds. The van der Waals surface area contributed by atoms with Gasteiger partial charge in [0.15, 0.2) is 6.10 Å². The fraction of sp³-hybridized carbons (Fsp3) is 0.400. The number of aliphatic carboxylic acids is 1. The number of nitrogens with one attached hydrogen (secondary N) is 2. The Balaban J connectivity index is 1.35. The van der Waals surface area contributed by atoms with Crippen molar-refractivity contribution in [1.82, 2.24) is 10.6 Å². The van der Waals surface area contributed by atoms with Crippen LogP contribution in [0.1, 0.15) is 29.9 Å². The second-order valence-electron chi connectivity index (χ2n) is 8.34. The maximum Gasteiger partial charge on any atom is 0.407 e. The van der Waals surface area contributed by atoms with Crippen molar-refractivity contribution in [2.45, 2.75) is 36.9 Å². The van der Waals surface area contributed by atoms with Gasteiger partial charge in [0, 0.05) is 12.5 Å². The van der Waals surface area contributed by atoms with E-state index in [2.05, 4.69) is 22.8 Å².